The zero-order valence-corrected chi connectivity index (χ0v) is 9.01. The lowest BCUT2D eigenvalue weighted by Gasteiger charge is -2.27. The summed E-state index contributed by atoms with van der Waals surface area (Å²) in [5.74, 6) is 0.0895. The van der Waals surface area contributed by atoms with Crippen molar-refractivity contribution in [1.82, 2.24) is 10.6 Å². The summed E-state index contributed by atoms with van der Waals surface area (Å²) >= 11 is 0. The first-order valence-corrected chi connectivity index (χ1v) is 5.34. The van der Waals surface area contributed by atoms with Gasteiger partial charge in [-0.1, -0.05) is 6.92 Å². The van der Waals surface area contributed by atoms with Crippen LogP contribution in [0.2, 0.25) is 0 Å². The van der Waals surface area contributed by atoms with Gasteiger partial charge in [0.15, 0.2) is 0 Å². The highest BCUT2D eigenvalue weighted by Crippen LogP contribution is 1.99. The van der Waals surface area contributed by atoms with E-state index in [4.69, 9.17) is 4.74 Å². The first kappa shape index (κ1) is 11.5. The average molecular weight is 200 g/mol. The lowest BCUT2D eigenvalue weighted by molar-refractivity contribution is -0.123. The number of rotatable bonds is 6. The molecule has 2 N–H and O–H groups in total. The number of ether oxygens (including phenoxy) is 1. The van der Waals surface area contributed by atoms with Crippen LogP contribution in [-0.4, -0.2) is 37.7 Å². The molecule has 1 heterocycles. The molecule has 0 spiro atoms. The van der Waals surface area contributed by atoms with Crippen molar-refractivity contribution >= 4 is 5.91 Å². The molecule has 1 unspecified atom stereocenters. The number of hydrogen-bond acceptors (Lipinski definition) is 3. The van der Waals surface area contributed by atoms with Gasteiger partial charge in [0.05, 0.1) is 12.7 Å². The monoisotopic (exact) mass is 200 g/mol. The van der Waals surface area contributed by atoms with Crippen LogP contribution in [0.25, 0.3) is 0 Å². The Morgan fingerprint density at radius 2 is 2.36 bits per heavy atom. The van der Waals surface area contributed by atoms with Crippen LogP contribution in [0.1, 0.15) is 26.7 Å². The molecular weight excluding hydrogens is 180 g/mol. The Bertz CT molecular complexity index is 181. The predicted octanol–water partition coefficient (Wildman–Crippen LogP) is 0.280. The van der Waals surface area contributed by atoms with E-state index in [1.54, 1.807) is 0 Å². The minimum atomic E-state index is 0.0895. The van der Waals surface area contributed by atoms with Crippen LogP contribution in [0.3, 0.4) is 0 Å². The molecule has 1 atom stereocenters. The Morgan fingerprint density at radius 3 is 2.86 bits per heavy atom. The summed E-state index contributed by atoms with van der Waals surface area (Å²) in [7, 11) is 0. The topological polar surface area (TPSA) is 50.4 Å². The maximum atomic E-state index is 11.3. The van der Waals surface area contributed by atoms with Crippen molar-refractivity contribution in [3.63, 3.8) is 0 Å². The zero-order valence-electron chi connectivity index (χ0n) is 9.01. The van der Waals surface area contributed by atoms with Gasteiger partial charge in [0.2, 0.25) is 5.91 Å². The summed E-state index contributed by atoms with van der Waals surface area (Å²) in [6, 6.07) is 0.271. The molecule has 0 aromatic rings. The van der Waals surface area contributed by atoms with E-state index in [0.717, 1.165) is 19.5 Å². The van der Waals surface area contributed by atoms with E-state index in [-0.39, 0.29) is 11.9 Å². The Kier molecular flexibility index (Phi) is 4.90. The van der Waals surface area contributed by atoms with Gasteiger partial charge in [-0.3, -0.25) is 4.79 Å². The van der Waals surface area contributed by atoms with Crippen molar-refractivity contribution in [2.24, 2.45) is 0 Å². The molecule has 1 aliphatic heterocycles. The first-order chi connectivity index (χ1) is 6.72. The second-order valence-electron chi connectivity index (χ2n) is 3.78. The van der Waals surface area contributed by atoms with E-state index in [2.05, 4.69) is 17.6 Å². The van der Waals surface area contributed by atoms with Gasteiger partial charge in [0.1, 0.15) is 0 Å². The number of amides is 1. The van der Waals surface area contributed by atoms with Crippen molar-refractivity contribution in [2.75, 3.05) is 19.7 Å². The van der Waals surface area contributed by atoms with Crippen LogP contribution >= 0.6 is 0 Å². The van der Waals surface area contributed by atoms with Crippen LogP contribution in [0.4, 0.5) is 0 Å². The molecule has 1 rings (SSSR count). The van der Waals surface area contributed by atoms with E-state index in [9.17, 15) is 4.79 Å². The Morgan fingerprint density at radius 1 is 1.64 bits per heavy atom. The second kappa shape index (κ2) is 5.98. The maximum absolute atomic E-state index is 11.3. The van der Waals surface area contributed by atoms with Crippen LogP contribution in [0, 0.1) is 0 Å². The summed E-state index contributed by atoms with van der Waals surface area (Å²) in [6.45, 7) is 6.45. The highest BCUT2D eigenvalue weighted by Gasteiger charge is 2.17. The standard InChI is InChI=1S/C10H20N2O2/c1-3-8(2)12-10(13)4-5-14-9-6-11-7-9/h8-9,11H,3-7H2,1-2H3,(H,12,13). The third kappa shape index (κ3) is 4.07. The fourth-order valence-electron chi connectivity index (χ4n) is 1.15. The summed E-state index contributed by atoms with van der Waals surface area (Å²) in [6.07, 6.45) is 1.77. The highest BCUT2D eigenvalue weighted by atomic mass is 16.5. The van der Waals surface area contributed by atoms with Gasteiger partial charge in [-0.05, 0) is 13.3 Å². The molecule has 0 aromatic heterocycles. The SMILES string of the molecule is CCC(C)NC(=O)CCOC1CNC1. The predicted molar refractivity (Wildman–Crippen MR) is 55.1 cm³/mol. The third-order valence-corrected chi connectivity index (χ3v) is 2.45. The molecule has 1 aliphatic rings. The molecule has 0 bridgehead atoms. The molecule has 0 saturated carbocycles. The van der Waals surface area contributed by atoms with Gasteiger partial charge in [-0.25, -0.2) is 0 Å². The summed E-state index contributed by atoms with van der Waals surface area (Å²) in [4.78, 5) is 11.3. The van der Waals surface area contributed by atoms with E-state index in [0.29, 0.717) is 19.1 Å². The number of carbonyl (C=O) groups excluding carboxylic acids is 1. The highest BCUT2D eigenvalue weighted by molar-refractivity contribution is 5.76. The molecule has 14 heavy (non-hydrogen) atoms. The third-order valence-electron chi connectivity index (χ3n) is 2.45. The van der Waals surface area contributed by atoms with Crippen LogP contribution in [-0.2, 0) is 9.53 Å². The molecule has 4 nitrogen and oxygen atoms in total. The van der Waals surface area contributed by atoms with Gasteiger partial charge < -0.3 is 15.4 Å². The number of hydrogen-bond donors (Lipinski definition) is 2. The summed E-state index contributed by atoms with van der Waals surface area (Å²) in [5, 5.41) is 6.02. The molecule has 1 saturated heterocycles. The van der Waals surface area contributed by atoms with Gasteiger partial charge in [0.25, 0.3) is 0 Å². The van der Waals surface area contributed by atoms with E-state index < -0.39 is 0 Å². The molecular formula is C10H20N2O2. The van der Waals surface area contributed by atoms with Gasteiger partial charge in [-0.2, -0.15) is 0 Å². The fourth-order valence-corrected chi connectivity index (χ4v) is 1.15. The fraction of sp³-hybridized carbons (Fsp3) is 0.900. The quantitative estimate of drug-likeness (QED) is 0.647. The Hall–Kier alpha value is -0.610. The van der Waals surface area contributed by atoms with Crippen molar-refractivity contribution in [3.05, 3.63) is 0 Å². The summed E-state index contributed by atoms with van der Waals surface area (Å²) in [5.41, 5.74) is 0. The zero-order chi connectivity index (χ0) is 10.4. The number of nitrogens with one attached hydrogen (secondary N) is 2. The van der Waals surface area contributed by atoms with Gasteiger partial charge in [-0.15, -0.1) is 0 Å². The van der Waals surface area contributed by atoms with Crippen molar-refractivity contribution in [1.29, 1.82) is 0 Å². The second-order valence-corrected chi connectivity index (χ2v) is 3.78. The van der Waals surface area contributed by atoms with Crippen molar-refractivity contribution < 1.29 is 9.53 Å². The number of carbonyl (C=O) groups is 1. The molecule has 0 radical (unpaired) electrons. The molecule has 0 aliphatic carbocycles. The largest absolute Gasteiger partial charge is 0.375 e. The van der Waals surface area contributed by atoms with Crippen molar-refractivity contribution in [3.8, 4) is 0 Å². The normalized spacial score (nSPS) is 18.7. The average Bonchev–Trinajstić information content (AvgIpc) is 2.09. The molecule has 4 heteroatoms. The molecule has 82 valence electrons. The Labute approximate surface area is 85.4 Å². The van der Waals surface area contributed by atoms with Crippen LogP contribution in [0.15, 0.2) is 0 Å². The smallest absolute Gasteiger partial charge is 0.222 e. The molecule has 0 aromatic carbocycles. The minimum Gasteiger partial charge on any atom is -0.375 e. The lowest BCUT2D eigenvalue weighted by atomic mass is 10.2. The van der Waals surface area contributed by atoms with Crippen LogP contribution < -0.4 is 10.6 Å². The first-order valence-electron chi connectivity index (χ1n) is 5.34. The summed E-state index contributed by atoms with van der Waals surface area (Å²) < 4.78 is 5.44. The van der Waals surface area contributed by atoms with Gasteiger partial charge in [0, 0.05) is 25.6 Å². The Balaban J connectivity index is 1.96. The van der Waals surface area contributed by atoms with E-state index >= 15 is 0 Å². The van der Waals surface area contributed by atoms with Crippen molar-refractivity contribution in [2.45, 2.75) is 38.8 Å². The van der Waals surface area contributed by atoms with E-state index in [1.807, 2.05) is 6.92 Å². The molecule has 1 fully saturated rings. The van der Waals surface area contributed by atoms with E-state index in [1.165, 1.54) is 0 Å². The van der Waals surface area contributed by atoms with Gasteiger partial charge >= 0.3 is 0 Å². The molecule has 1 amide bonds. The maximum Gasteiger partial charge on any atom is 0.222 e. The lowest BCUT2D eigenvalue weighted by Crippen LogP contribution is -2.48. The minimum absolute atomic E-state index is 0.0895. The van der Waals surface area contributed by atoms with Crippen LogP contribution in [0.5, 0.6) is 0 Å².